The van der Waals surface area contributed by atoms with Gasteiger partial charge in [-0.15, -0.1) is 0 Å². The highest BCUT2D eigenvalue weighted by molar-refractivity contribution is 6.07. The highest BCUT2D eigenvalue weighted by Gasteiger charge is 2.43. The SMILES string of the molecule is CCCNC(COC)CN1C(=O)C(C)(C)c2ccccc21. The molecule has 4 nitrogen and oxygen atoms in total. The van der Waals surface area contributed by atoms with E-state index in [9.17, 15) is 4.79 Å². The van der Waals surface area contributed by atoms with Gasteiger partial charge in [0.2, 0.25) is 5.91 Å². The van der Waals surface area contributed by atoms with Crippen molar-refractivity contribution < 1.29 is 9.53 Å². The van der Waals surface area contributed by atoms with E-state index in [1.165, 1.54) is 0 Å². The van der Waals surface area contributed by atoms with E-state index in [1.807, 2.05) is 36.9 Å². The van der Waals surface area contributed by atoms with Crippen molar-refractivity contribution in [3.8, 4) is 0 Å². The maximum absolute atomic E-state index is 12.8. The Hall–Kier alpha value is -1.39. The Morgan fingerprint density at radius 3 is 2.71 bits per heavy atom. The fraction of sp³-hybridized carbons (Fsp3) is 0.588. The summed E-state index contributed by atoms with van der Waals surface area (Å²) in [4.78, 5) is 14.7. The molecule has 116 valence electrons. The lowest BCUT2D eigenvalue weighted by atomic mass is 9.86. The van der Waals surface area contributed by atoms with Gasteiger partial charge in [-0.2, -0.15) is 0 Å². The van der Waals surface area contributed by atoms with Crippen LogP contribution in [0.25, 0.3) is 0 Å². The van der Waals surface area contributed by atoms with Gasteiger partial charge in [0.15, 0.2) is 0 Å². The summed E-state index contributed by atoms with van der Waals surface area (Å²) in [7, 11) is 1.70. The first kappa shape index (κ1) is 16.0. The molecule has 0 aliphatic carbocycles. The quantitative estimate of drug-likeness (QED) is 0.838. The summed E-state index contributed by atoms with van der Waals surface area (Å²) in [6.45, 7) is 8.31. The lowest BCUT2D eigenvalue weighted by molar-refractivity contribution is -0.122. The molecule has 0 saturated heterocycles. The normalized spacial score (nSPS) is 17.9. The third-order valence-electron chi connectivity index (χ3n) is 4.10. The van der Waals surface area contributed by atoms with Gasteiger partial charge < -0.3 is 15.0 Å². The number of nitrogens with one attached hydrogen (secondary N) is 1. The molecule has 1 aromatic rings. The minimum Gasteiger partial charge on any atom is -0.383 e. The van der Waals surface area contributed by atoms with Crippen molar-refractivity contribution in [2.75, 3.05) is 31.7 Å². The van der Waals surface area contributed by atoms with Crippen LogP contribution in [-0.4, -0.2) is 38.8 Å². The number of carbonyl (C=O) groups is 1. The first-order valence-electron chi connectivity index (χ1n) is 7.66. The Morgan fingerprint density at radius 2 is 2.05 bits per heavy atom. The number of fused-ring (bicyclic) bond motifs is 1. The van der Waals surface area contributed by atoms with Gasteiger partial charge in [-0.1, -0.05) is 25.1 Å². The van der Waals surface area contributed by atoms with E-state index in [4.69, 9.17) is 4.74 Å². The van der Waals surface area contributed by atoms with Crippen LogP contribution in [-0.2, 0) is 14.9 Å². The fourth-order valence-corrected chi connectivity index (χ4v) is 2.93. The standard InChI is InChI=1S/C17H26N2O2/c1-5-10-18-13(12-21-4)11-19-15-9-7-6-8-14(15)17(2,3)16(19)20/h6-9,13,18H,5,10-12H2,1-4H3. The average molecular weight is 290 g/mol. The molecule has 4 heteroatoms. The van der Waals surface area contributed by atoms with Gasteiger partial charge in [0, 0.05) is 25.4 Å². The van der Waals surface area contributed by atoms with E-state index in [-0.39, 0.29) is 11.9 Å². The number of methoxy groups -OCH3 is 1. The molecule has 21 heavy (non-hydrogen) atoms. The molecule has 1 heterocycles. The third-order valence-corrected chi connectivity index (χ3v) is 4.10. The summed E-state index contributed by atoms with van der Waals surface area (Å²) >= 11 is 0. The number of ether oxygens (including phenoxy) is 1. The smallest absolute Gasteiger partial charge is 0.237 e. The molecule has 1 aliphatic rings. The number of hydrogen-bond donors (Lipinski definition) is 1. The Labute approximate surface area is 127 Å². The van der Waals surface area contributed by atoms with E-state index in [0.29, 0.717) is 13.2 Å². The van der Waals surface area contributed by atoms with Crippen LogP contribution in [0.2, 0.25) is 0 Å². The molecule has 1 N–H and O–H groups in total. The van der Waals surface area contributed by atoms with Gasteiger partial charge in [0.25, 0.3) is 0 Å². The van der Waals surface area contributed by atoms with Gasteiger partial charge in [0.1, 0.15) is 0 Å². The molecule has 1 amide bonds. The van der Waals surface area contributed by atoms with E-state index in [2.05, 4.69) is 18.3 Å². The van der Waals surface area contributed by atoms with Crippen molar-refractivity contribution in [2.45, 2.75) is 38.6 Å². The molecule has 0 radical (unpaired) electrons. The monoisotopic (exact) mass is 290 g/mol. The predicted molar refractivity (Wildman–Crippen MR) is 85.8 cm³/mol. The van der Waals surface area contributed by atoms with Gasteiger partial charge in [-0.05, 0) is 38.4 Å². The van der Waals surface area contributed by atoms with Gasteiger partial charge >= 0.3 is 0 Å². The molecular weight excluding hydrogens is 264 g/mol. The van der Waals surface area contributed by atoms with Crippen molar-refractivity contribution in [3.05, 3.63) is 29.8 Å². The minimum absolute atomic E-state index is 0.154. The molecule has 1 unspecified atom stereocenters. The van der Waals surface area contributed by atoms with Crippen LogP contribution >= 0.6 is 0 Å². The highest BCUT2D eigenvalue weighted by Crippen LogP contribution is 2.41. The van der Waals surface area contributed by atoms with Crippen LogP contribution in [0.3, 0.4) is 0 Å². The van der Waals surface area contributed by atoms with Crippen molar-refractivity contribution in [2.24, 2.45) is 0 Å². The molecule has 2 rings (SSSR count). The first-order chi connectivity index (χ1) is 10.0. The number of benzene rings is 1. The second kappa shape index (κ2) is 6.58. The number of carbonyl (C=O) groups excluding carboxylic acids is 1. The summed E-state index contributed by atoms with van der Waals surface area (Å²) < 4.78 is 5.29. The van der Waals surface area contributed by atoms with Crippen molar-refractivity contribution in [1.82, 2.24) is 5.32 Å². The molecule has 1 aromatic carbocycles. The van der Waals surface area contributed by atoms with Gasteiger partial charge in [0.05, 0.1) is 12.0 Å². The van der Waals surface area contributed by atoms with Crippen LogP contribution < -0.4 is 10.2 Å². The Kier molecular flexibility index (Phi) is 5.01. The molecule has 1 aliphatic heterocycles. The number of nitrogens with zero attached hydrogens (tertiary/aromatic N) is 1. The maximum Gasteiger partial charge on any atom is 0.237 e. The van der Waals surface area contributed by atoms with Crippen LogP contribution in [0.4, 0.5) is 5.69 Å². The van der Waals surface area contributed by atoms with Crippen LogP contribution in [0.1, 0.15) is 32.8 Å². The van der Waals surface area contributed by atoms with E-state index >= 15 is 0 Å². The topological polar surface area (TPSA) is 41.6 Å². The van der Waals surface area contributed by atoms with Crippen LogP contribution in [0.5, 0.6) is 0 Å². The van der Waals surface area contributed by atoms with Crippen molar-refractivity contribution in [1.29, 1.82) is 0 Å². The second-order valence-electron chi connectivity index (χ2n) is 6.16. The molecular formula is C17H26N2O2. The number of para-hydroxylation sites is 1. The van der Waals surface area contributed by atoms with Gasteiger partial charge in [-0.3, -0.25) is 4.79 Å². The third kappa shape index (κ3) is 3.11. The number of rotatable bonds is 7. The molecule has 0 saturated carbocycles. The molecule has 0 spiro atoms. The second-order valence-corrected chi connectivity index (χ2v) is 6.16. The lowest BCUT2D eigenvalue weighted by Gasteiger charge is -2.26. The molecule has 0 fully saturated rings. The van der Waals surface area contributed by atoms with Crippen LogP contribution in [0.15, 0.2) is 24.3 Å². The molecule has 1 atom stereocenters. The predicted octanol–water partition coefficient (Wildman–Crippen LogP) is 2.33. The summed E-state index contributed by atoms with van der Waals surface area (Å²) in [5.74, 6) is 0.170. The summed E-state index contributed by atoms with van der Waals surface area (Å²) in [6.07, 6.45) is 1.07. The Balaban J connectivity index is 2.21. The van der Waals surface area contributed by atoms with Crippen LogP contribution in [0, 0.1) is 0 Å². The average Bonchev–Trinajstić information content (AvgIpc) is 2.66. The zero-order valence-corrected chi connectivity index (χ0v) is 13.5. The summed E-state index contributed by atoms with van der Waals surface area (Å²) in [5, 5.41) is 3.46. The van der Waals surface area contributed by atoms with E-state index < -0.39 is 5.41 Å². The van der Waals surface area contributed by atoms with Crippen molar-refractivity contribution >= 4 is 11.6 Å². The van der Waals surface area contributed by atoms with E-state index in [1.54, 1.807) is 7.11 Å². The largest absolute Gasteiger partial charge is 0.383 e. The van der Waals surface area contributed by atoms with Crippen molar-refractivity contribution in [3.63, 3.8) is 0 Å². The molecule has 0 bridgehead atoms. The first-order valence-corrected chi connectivity index (χ1v) is 7.66. The molecule has 0 aromatic heterocycles. The Bertz CT molecular complexity index is 499. The highest BCUT2D eigenvalue weighted by atomic mass is 16.5. The zero-order valence-electron chi connectivity index (χ0n) is 13.5. The lowest BCUT2D eigenvalue weighted by Crippen LogP contribution is -2.47. The summed E-state index contributed by atoms with van der Waals surface area (Å²) in [6, 6.07) is 8.23. The number of hydrogen-bond acceptors (Lipinski definition) is 3. The Morgan fingerprint density at radius 1 is 1.33 bits per heavy atom. The fourth-order valence-electron chi connectivity index (χ4n) is 2.93. The summed E-state index contributed by atoms with van der Waals surface area (Å²) in [5.41, 5.74) is 1.70. The zero-order chi connectivity index (χ0) is 15.5. The maximum atomic E-state index is 12.8. The van der Waals surface area contributed by atoms with Gasteiger partial charge in [-0.25, -0.2) is 0 Å². The van der Waals surface area contributed by atoms with E-state index in [0.717, 1.165) is 24.2 Å². The minimum atomic E-state index is -0.445. The number of anilines is 1. The number of amides is 1.